The van der Waals surface area contributed by atoms with Gasteiger partial charge >= 0.3 is 0 Å². The van der Waals surface area contributed by atoms with Gasteiger partial charge in [0.25, 0.3) is 0 Å². The zero-order valence-corrected chi connectivity index (χ0v) is 38.2. The molecule has 11 aromatic rings. The van der Waals surface area contributed by atoms with Gasteiger partial charge in [0.05, 0.1) is 0 Å². The van der Waals surface area contributed by atoms with Crippen molar-refractivity contribution in [3.63, 3.8) is 0 Å². The van der Waals surface area contributed by atoms with E-state index < -0.39 is 35.1 Å². The van der Waals surface area contributed by atoms with Crippen LogP contribution in [0.25, 0.3) is 75.8 Å². The maximum Gasteiger partial charge on any atom is 0.164 e. The molecule has 1 saturated heterocycles. The van der Waals surface area contributed by atoms with E-state index >= 15 is 10.2 Å². The molecule has 0 aromatic heterocycles. The van der Waals surface area contributed by atoms with Gasteiger partial charge in [0, 0.05) is 5.92 Å². The third-order valence-corrected chi connectivity index (χ3v) is 15.5. The molecule has 0 amide bonds. The summed E-state index contributed by atoms with van der Waals surface area (Å²) < 4.78 is 15.0. The summed E-state index contributed by atoms with van der Waals surface area (Å²) >= 11 is 0. The maximum absolute atomic E-state index is 15.3. The Morgan fingerprint density at radius 2 is 0.721 bits per heavy atom. The molecule has 4 heteroatoms. The number of ether oxygens (including phenoxy) is 2. The molecule has 2 N–H and O–H groups in total. The molecule has 5 atom stereocenters. The van der Waals surface area contributed by atoms with E-state index in [1.165, 1.54) is 0 Å². The second-order valence-corrected chi connectivity index (χ2v) is 19.6. The van der Waals surface area contributed by atoms with Gasteiger partial charge in [0.2, 0.25) is 0 Å². The van der Waals surface area contributed by atoms with Gasteiger partial charge in [-0.25, -0.2) is 0 Å². The Kier molecular flexibility index (Phi) is 9.15. The SMILES string of the molecule is CC1c2ccccc2-c2ccccc2C1[C@](O)(c1cc2ccccc2c2ccccc12)[C@@H]1OC(C)(C)O[C@H]1C(O)(c1cc2ccccc2c2ccccc12)c1cc2ccccc2c2ccccc12. The highest BCUT2D eigenvalue weighted by Crippen LogP contribution is 2.61. The van der Waals surface area contributed by atoms with Crippen LogP contribution in [-0.4, -0.2) is 28.2 Å². The first-order chi connectivity index (χ1) is 33.1. The third-order valence-electron chi connectivity index (χ3n) is 15.5. The molecule has 1 fully saturated rings. The molecule has 0 radical (unpaired) electrons. The molecule has 2 aliphatic rings. The summed E-state index contributed by atoms with van der Waals surface area (Å²) in [6.45, 7) is 6.08. The van der Waals surface area contributed by atoms with E-state index in [4.69, 9.17) is 9.47 Å². The standard InChI is InChI=1S/C64H50O4/c1-39-43-23-10-11-27-47(43)51-31-15-19-35-55(51)59(39)64(66,58-38-42-22-6-9-26-46(42)50-30-14-18-34-54(50)58)61-60(67-62(2,3)68-61)63(65,56-36-40-20-4-7-24-44(40)48-28-12-16-32-52(48)56)57-37-41-21-5-8-25-45(41)49-29-13-17-33-53(49)57/h4-39,59-61,65-66H,1-3H3/t39?,59?,60-,61-,64-/m1/s1. The fourth-order valence-electron chi connectivity index (χ4n) is 12.7. The summed E-state index contributed by atoms with van der Waals surface area (Å²) in [7, 11) is 0. The molecular weight excluding hydrogens is 833 g/mol. The van der Waals surface area contributed by atoms with Crippen LogP contribution in [-0.2, 0) is 20.7 Å². The molecule has 1 aliphatic carbocycles. The van der Waals surface area contributed by atoms with Gasteiger partial charge < -0.3 is 19.7 Å². The monoisotopic (exact) mass is 882 g/mol. The first-order valence-electron chi connectivity index (χ1n) is 23.9. The highest BCUT2D eigenvalue weighted by molar-refractivity contribution is 6.12. The predicted molar refractivity (Wildman–Crippen MR) is 278 cm³/mol. The Bertz CT molecular complexity index is 3710. The van der Waals surface area contributed by atoms with E-state index in [1.807, 2.05) is 26.0 Å². The van der Waals surface area contributed by atoms with Crippen molar-refractivity contribution in [3.05, 3.63) is 240 Å². The molecular formula is C64H50O4. The lowest BCUT2D eigenvalue weighted by Crippen LogP contribution is -2.57. The second kappa shape index (κ2) is 15.2. The summed E-state index contributed by atoms with van der Waals surface area (Å²) in [6.07, 6.45) is -2.34. The van der Waals surface area contributed by atoms with Gasteiger partial charge in [-0.15, -0.1) is 0 Å². The highest BCUT2D eigenvalue weighted by atomic mass is 16.8. The van der Waals surface area contributed by atoms with Crippen LogP contribution in [0.5, 0.6) is 0 Å². The van der Waals surface area contributed by atoms with Crippen LogP contribution in [0.1, 0.15) is 60.4 Å². The fraction of sp³-hybridized carbons (Fsp3) is 0.156. The Labute approximate surface area is 395 Å². The molecule has 330 valence electrons. The van der Waals surface area contributed by atoms with Crippen LogP contribution in [0.3, 0.4) is 0 Å². The van der Waals surface area contributed by atoms with E-state index in [2.05, 4.69) is 207 Å². The van der Waals surface area contributed by atoms with Crippen molar-refractivity contribution in [1.82, 2.24) is 0 Å². The summed E-state index contributed by atoms with van der Waals surface area (Å²) in [5.41, 5.74) is 2.67. The van der Waals surface area contributed by atoms with Gasteiger partial charge in [0.1, 0.15) is 23.4 Å². The molecule has 1 aliphatic heterocycles. The number of aliphatic hydroxyl groups is 2. The molecule has 68 heavy (non-hydrogen) atoms. The first-order valence-corrected chi connectivity index (χ1v) is 23.9. The Morgan fingerprint density at radius 1 is 0.382 bits per heavy atom. The van der Waals surface area contributed by atoms with Crippen molar-refractivity contribution in [2.24, 2.45) is 0 Å². The second-order valence-electron chi connectivity index (χ2n) is 19.6. The number of hydrogen-bond donors (Lipinski definition) is 2. The number of rotatable bonds is 6. The lowest BCUT2D eigenvalue weighted by molar-refractivity contribution is -0.180. The minimum Gasteiger partial charge on any atom is -0.382 e. The summed E-state index contributed by atoms with van der Waals surface area (Å²) in [4.78, 5) is 0. The smallest absolute Gasteiger partial charge is 0.164 e. The molecule has 0 spiro atoms. The van der Waals surface area contributed by atoms with E-state index in [0.29, 0.717) is 11.1 Å². The highest BCUT2D eigenvalue weighted by Gasteiger charge is 2.65. The van der Waals surface area contributed by atoms with Crippen LogP contribution < -0.4 is 0 Å². The van der Waals surface area contributed by atoms with Crippen molar-refractivity contribution in [2.75, 3.05) is 0 Å². The van der Waals surface area contributed by atoms with Gasteiger partial charge in [-0.3, -0.25) is 0 Å². The van der Waals surface area contributed by atoms with Crippen LogP contribution >= 0.6 is 0 Å². The van der Waals surface area contributed by atoms with Crippen molar-refractivity contribution >= 4 is 64.6 Å². The average Bonchev–Trinajstić information content (AvgIpc) is 3.73. The topological polar surface area (TPSA) is 58.9 Å². The summed E-state index contributed by atoms with van der Waals surface area (Å²) in [6, 6.07) is 73.9. The van der Waals surface area contributed by atoms with Crippen molar-refractivity contribution in [1.29, 1.82) is 0 Å². The van der Waals surface area contributed by atoms with E-state index in [1.54, 1.807) is 0 Å². The van der Waals surface area contributed by atoms with Crippen LogP contribution in [0.2, 0.25) is 0 Å². The zero-order chi connectivity index (χ0) is 45.9. The van der Waals surface area contributed by atoms with Crippen LogP contribution in [0.15, 0.2) is 212 Å². The number of fused-ring (bicyclic) bond motifs is 12. The average molecular weight is 883 g/mol. The van der Waals surface area contributed by atoms with Crippen molar-refractivity contribution < 1.29 is 19.7 Å². The summed E-state index contributed by atoms with van der Waals surface area (Å²) in [5.74, 6) is -2.05. The fourth-order valence-corrected chi connectivity index (χ4v) is 12.7. The molecule has 13 rings (SSSR count). The minimum absolute atomic E-state index is 0.208. The quantitative estimate of drug-likeness (QED) is 0.163. The zero-order valence-electron chi connectivity index (χ0n) is 38.2. The van der Waals surface area contributed by atoms with Gasteiger partial charge in [-0.05, 0) is 142 Å². The van der Waals surface area contributed by atoms with E-state index in [9.17, 15) is 0 Å². The molecule has 0 bridgehead atoms. The third kappa shape index (κ3) is 5.88. The Morgan fingerprint density at radius 3 is 1.21 bits per heavy atom. The van der Waals surface area contributed by atoms with Gasteiger partial charge in [0.15, 0.2) is 5.79 Å². The van der Waals surface area contributed by atoms with Crippen LogP contribution in [0, 0.1) is 0 Å². The Hall–Kier alpha value is -7.18. The number of hydrogen-bond acceptors (Lipinski definition) is 4. The molecule has 4 nitrogen and oxygen atoms in total. The van der Waals surface area contributed by atoms with Crippen molar-refractivity contribution in [3.8, 4) is 11.1 Å². The maximum atomic E-state index is 15.3. The predicted octanol–water partition coefficient (Wildman–Crippen LogP) is 14.8. The molecule has 1 heterocycles. The Balaban J connectivity index is 1.19. The van der Waals surface area contributed by atoms with Gasteiger partial charge in [-0.2, -0.15) is 0 Å². The van der Waals surface area contributed by atoms with Crippen molar-refractivity contribution in [2.45, 2.75) is 61.8 Å². The van der Waals surface area contributed by atoms with Crippen LogP contribution in [0.4, 0.5) is 0 Å². The largest absolute Gasteiger partial charge is 0.382 e. The molecule has 0 saturated carbocycles. The summed E-state index contributed by atoms with van der Waals surface area (Å²) in [5, 5.41) is 42.5. The van der Waals surface area contributed by atoms with Gasteiger partial charge in [-0.1, -0.05) is 201 Å². The first kappa shape index (κ1) is 41.0. The lowest BCUT2D eigenvalue weighted by Gasteiger charge is -2.50. The molecule has 11 aromatic carbocycles. The number of benzene rings is 11. The molecule has 2 unspecified atom stereocenters. The van der Waals surface area contributed by atoms with E-state index in [0.717, 1.165) is 92.5 Å². The normalized spacial score (nSPS) is 20.0. The lowest BCUT2D eigenvalue weighted by atomic mass is 9.59. The van der Waals surface area contributed by atoms with E-state index in [-0.39, 0.29) is 5.92 Å². The minimum atomic E-state index is -1.94.